The SMILES string of the molecule is CCOC(=O)c1c(-c2ccccc2Cl)csc1NC(=O)COC(=O)c1c(C)c(CC)nc2ccccc12. The van der Waals surface area contributed by atoms with Crippen molar-refractivity contribution < 1.29 is 23.9 Å². The van der Waals surface area contributed by atoms with Gasteiger partial charge in [0.25, 0.3) is 5.91 Å². The molecule has 0 saturated carbocycles. The molecule has 4 aromatic rings. The van der Waals surface area contributed by atoms with E-state index >= 15 is 0 Å². The predicted octanol–water partition coefficient (Wildman–Crippen LogP) is 6.46. The van der Waals surface area contributed by atoms with E-state index < -0.39 is 24.5 Å². The van der Waals surface area contributed by atoms with Crippen LogP contribution in [0.15, 0.2) is 53.9 Å². The van der Waals surface area contributed by atoms with Gasteiger partial charge in [0.2, 0.25) is 0 Å². The number of anilines is 1. The van der Waals surface area contributed by atoms with Gasteiger partial charge in [-0.1, -0.05) is 54.9 Å². The highest BCUT2D eigenvalue weighted by Gasteiger charge is 2.25. The van der Waals surface area contributed by atoms with Gasteiger partial charge in [0.1, 0.15) is 10.6 Å². The Bertz CT molecular complexity index is 1500. The average molecular weight is 537 g/mol. The van der Waals surface area contributed by atoms with Crippen LogP contribution in [0.1, 0.15) is 45.8 Å². The van der Waals surface area contributed by atoms with E-state index in [9.17, 15) is 14.4 Å². The van der Waals surface area contributed by atoms with Crippen molar-refractivity contribution in [2.24, 2.45) is 0 Å². The first-order valence-electron chi connectivity index (χ1n) is 11.7. The lowest BCUT2D eigenvalue weighted by atomic mass is 10.0. The molecular weight excluding hydrogens is 512 g/mol. The number of ether oxygens (including phenoxy) is 2. The molecule has 190 valence electrons. The highest BCUT2D eigenvalue weighted by molar-refractivity contribution is 7.15. The predicted molar refractivity (Wildman–Crippen MR) is 145 cm³/mol. The molecule has 9 heteroatoms. The van der Waals surface area contributed by atoms with Crippen LogP contribution in [-0.4, -0.2) is 36.0 Å². The Hall–Kier alpha value is -3.75. The lowest BCUT2D eigenvalue weighted by Gasteiger charge is -2.13. The molecule has 7 nitrogen and oxygen atoms in total. The number of fused-ring (bicyclic) bond motifs is 1. The number of aromatic nitrogens is 1. The Kier molecular flexibility index (Phi) is 8.21. The van der Waals surface area contributed by atoms with Crippen LogP contribution in [0.4, 0.5) is 5.00 Å². The molecule has 0 saturated heterocycles. The van der Waals surface area contributed by atoms with E-state index in [2.05, 4.69) is 10.3 Å². The van der Waals surface area contributed by atoms with Gasteiger partial charge in [-0.2, -0.15) is 0 Å². The van der Waals surface area contributed by atoms with Crippen LogP contribution < -0.4 is 5.32 Å². The van der Waals surface area contributed by atoms with Gasteiger partial charge in [-0.3, -0.25) is 9.78 Å². The molecule has 0 aliphatic carbocycles. The highest BCUT2D eigenvalue weighted by Crippen LogP contribution is 2.39. The summed E-state index contributed by atoms with van der Waals surface area (Å²) in [6, 6.07) is 14.4. The molecule has 4 rings (SSSR count). The summed E-state index contributed by atoms with van der Waals surface area (Å²) in [4.78, 5) is 43.3. The Morgan fingerprint density at radius 3 is 2.38 bits per heavy atom. The topological polar surface area (TPSA) is 94.6 Å². The van der Waals surface area contributed by atoms with Crippen LogP contribution in [0.25, 0.3) is 22.0 Å². The first kappa shape index (κ1) is 26.3. The first-order valence-corrected chi connectivity index (χ1v) is 13.0. The number of aryl methyl sites for hydroxylation is 1. The van der Waals surface area contributed by atoms with Gasteiger partial charge in [0.15, 0.2) is 6.61 Å². The Balaban J connectivity index is 1.56. The normalized spacial score (nSPS) is 10.8. The molecule has 2 aromatic heterocycles. The zero-order valence-electron chi connectivity index (χ0n) is 20.6. The van der Waals surface area contributed by atoms with E-state index in [1.807, 2.05) is 32.0 Å². The Labute approximate surface area is 223 Å². The van der Waals surface area contributed by atoms with Gasteiger partial charge in [-0.05, 0) is 38.0 Å². The second kappa shape index (κ2) is 11.5. The van der Waals surface area contributed by atoms with Crippen molar-refractivity contribution in [3.8, 4) is 11.1 Å². The Morgan fingerprint density at radius 1 is 0.946 bits per heavy atom. The number of nitrogens with zero attached hydrogens (tertiary/aromatic N) is 1. The highest BCUT2D eigenvalue weighted by atomic mass is 35.5. The lowest BCUT2D eigenvalue weighted by molar-refractivity contribution is -0.119. The maximum Gasteiger partial charge on any atom is 0.341 e. The number of rotatable bonds is 8. The molecule has 37 heavy (non-hydrogen) atoms. The summed E-state index contributed by atoms with van der Waals surface area (Å²) in [5, 5.41) is 5.83. The molecule has 0 aliphatic rings. The molecule has 1 amide bonds. The lowest BCUT2D eigenvalue weighted by Crippen LogP contribution is -2.22. The van der Waals surface area contributed by atoms with Crippen LogP contribution >= 0.6 is 22.9 Å². The molecule has 2 aromatic carbocycles. The van der Waals surface area contributed by atoms with Crippen molar-refractivity contribution in [3.05, 3.63) is 81.3 Å². The van der Waals surface area contributed by atoms with Crippen molar-refractivity contribution in [1.82, 2.24) is 4.98 Å². The minimum atomic E-state index is -0.616. The number of hydrogen-bond donors (Lipinski definition) is 1. The summed E-state index contributed by atoms with van der Waals surface area (Å²) in [7, 11) is 0. The summed E-state index contributed by atoms with van der Waals surface area (Å²) < 4.78 is 10.6. The molecule has 2 heterocycles. The molecule has 0 atom stereocenters. The number of esters is 2. The number of thiophene rings is 1. The van der Waals surface area contributed by atoms with Gasteiger partial charge < -0.3 is 14.8 Å². The fourth-order valence-electron chi connectivity index (χ4n) is 4.07. The maximum absolute atomic E-state index is 13.1. The van der Waals surface area contributed by atoms with E-state index in [0.717, 1.165) is 22.6 Å². The summed E-state index contributed by atoms with van der Waals surface area (Å²) in [6.45, 7) is 5.12. The summed E-state index contributed by atoms with van der Waals surface area (Å²) in [5.41, 5.74) is 3.97. The van der Waals surface area contributed by atoms with Crippen LogP contribution in [0, 0.1) is 6.92 Å². The molecule has 1 N–H and O–H groups in total. The van der Waals surface area contributed by atoms with Crippen molar-refractivity contribution in [2.45, 2.75) is 27.2 Å². The fourth-order valence-corrected chi connectivity index (χ4v) is 5.27. The van der Waals surface area contributed by atoms with Gasteiger partial charge in [0.05, 0.1) is 17.7 Å². The van der Waals surface area contributed by atoms with Crippen molar-refractivity contribution in [2.75, 3.05) is 18.5 Å². The first-order chi connectivity index (χ1) is 17.8. The number of carbonyl (C=O) groups is 3. The minimum Gasteiger partial charge on any atom is -0.462 e. The quantitative estimate of drug-likeness (QED) is 0.260. The van der Waals surface area contributed by atoms with E-state index in [-0.39, 0.29) is 17.2 Å². The van der Waals surface area contributed by atoms with Crippen molar-refractivity contribution in [1.29, 1.82) is 0 Å². The van der Waals surface area contributed by atoms with Crippen LogP contribution in [0.5, 0.6) is 0 Å². The van der Waals surface area contributed by atoms with Gasteiger partial charge in [-0.15, -0.1) is 11.3 Å². The number of halogens is 1. The molecular formula is C28H25ClN2O5S. The van der Waals surface area contributed by atoms with Gasteiger partial charge in [-0.25, -0.2) is 9.59 Å². The third-order valence-electron chi connectivity index (χ3n) is 5.80. The molecule has 0 fully saturated rings. The molecule has 0 unspecified atom stereocenters. The second-order valence-corrected chi connectivity index (χ2v) is 9.39. The van der Waals surface area contributed by atoms with Crippen molar-refractivity contribution >= 4 is 56.7 Å². The number of benzene rings is 2. The van der Waals surface area contributed by atoms with Crippen LogP contribution in [0.2, 0.25) is 5.02 Å². The third kappa shape index (κ3) is 5.50. The average Bonchev–Trinajstić information content (AvgIpc) is 3.30. The summed E-state index contributed by atoms with van der Waals surface area (Å²) in [6.07, 6.45) is 0.653. The number of amides is 1. The van der Waals surface area contributed by atoms with Crippen LogP contribution in [0.3, 0.4) is 0 Å². The van der Waals surface area contributed by atoms with E-state index in [0.29, 0.717) is 39.0 Å². The van der Waals surface area contributed by atoms with E-state index in [1.165, 1.54) is 0 Å². The number of pyridine rings is 1. The smallest absolute Gasteiger partial charge is 0.341 e. The Morgan fingerprint density at radius 2 is 1.65 bits per heavy atom. The second-order valence-electron chi connectivity index (χ2n) is 8.11. The fraction of sp³-hybridized carbons (Fsp3) is 0.214. The molecule has 0 aliphatic heterocycles. The molecule has 0 spiro atoms. The third-order valence-corrected chi connectivity index (χ3v) is 7.02. The molecule has 0 radical (unpaired) electrons. The zero-order chi connectivity index (χ0) is 26.5. The summed E-state index contributed by atoms with van der Waals surface area (Å²) in [5.74, 6) is -1.79. The van der Waals surface area contributed by atoms with Gasteiger partial charge >= 0.3 is 11.9 Å². The van der Waals surface area contributed by atoms with Gasteiger partial charge in [0, 0.05) is 32.6 Å². The van der Waals surface area contributed by atoms with E-state index in [1.54, 1.807) is 42.6 Å². The number of hydrogen-bond acceptors (Lipinski definition) is 7. The maximum atomic E-state index is 13.1. The zero-order valence-corrected chi connectivity index (χ0v) is 22.2. The number of para-hydroxylation sites is 1. The molecule has 0 bridgehead atoms. The van der Waals surface area contributed by atoms with E-state index in [4.69, 9.17) is 21.1 Å². The minimum absolute atomic E-state index is 0.167. The van der Waals surface area contributed by atoms with Crippen LogP contribution in [-0.2, 0) is 20.7 Å². The number of carbonyl (C=O) groups excluding carboxylic acids is 3. The number of nitrogens with one attached hydrogen (secondary N) is 1. The standard InChI is InChI=1S/C28H25ClN2O5S/c1-4-21-16(3)24(18-11-7-9-13-22(18)30-21)27(33)36-14-23(32)31-26-25(28(34)35-5-2)19(15-37-26)17-10-6-8-12-20(17)29/h6-13,15H,4-5,14H2,1-3H3,(H,31,32). The largest absolute Gasteiger partial charge is 0.462 e. The monoisotopic (exact) mass is 536 g/mol. The summed E-state index contributed by atoms with van der Waals surface area (Å²) >= 11 is 7.51. The van der Waals surface area contributed by atoms with Crippen molar-refractivity contribution in [3.63, 3.8) is 0 Å².